The Labute approximate surface area is 138 Å². The van der Waals surface area contributed by atoms with Gasteiger partial charge in [0.25, 0.3) is 5.91 Å². The van der Waals surface area contributed by atoms with Crippen LogP contribution in [-0.4, -0.2) is 15.3 Å². The van der Waals surface area contributed by atoms with Crippen molar-refractivity contribution in [1.82, 2.24) is 14.9 Å². The number of amides is 1. The molecule has 2 aromatic heterocycles. The first-order chi connectivity index (χ1) is 11.2. The summed E-state index contributed by atoms with van der Waals surface area (Å²) in [5.74, 6) is -0.372. The summed E-state index contributed by atoms with van der Waals surface area (Å²) in [7, 11) is 0. The van der Waals surface area contributed by atoms with Crippen molar-refractivity contribution < 1.29 is 9.63 Å². The van der Waals surface area contributed by atoms with Gasteiger partial charge in [0.05, 0.1) is 12.3 Å². The Morgan fingerprint density at radius 2 is 2.00 bits per heavy atom. The van der Waals surface area contributed by atoms with Gasteiger partial charge in [0.15, 0.2) is 5.15 Å². The third-order valence-corrected chi connectivity index (χ3v) is 3.45. The van der Waals surface area contributed by atoms with Gasteiger partial charge >= 0.3 is 0 Å². The summed E-state index contributed by atoms with van der Waals surface area (Å²) < 4.78 is 1.80. The molecule has 116 valence electrons. The van der Waals surface area contributed by atoms with Crippen LogP contribution in [0.2, 0.25) is 5.15 Å². The number of hydrogen-bond acceptors (Lipinski definition) is 3. The molecule has 0 bridgehead atoms. The Morgan fingerprint density at radius 3 is 2.83 bits per heavy atom. The average molecular weight is 328 g/mol. The molecule has 0 spiro atoms. The van der Waals surface area contributed by atoms with E-state index in [-0.39, 0.29) is 5.91 Å². The second-order valence-corrected chi connectivity index (χ2v) is 5.15. The number of carbonyl (C=O) groups excluding carboxylic acids is 1. The van der Waals surface area contributed by atoms with Gasteiger partial charge in [0, 0.05) is 12.3 Å². The summed E-state index contributed by atoms with van der Waals surface area (Å²) in [4.78, 5) is 21.2. The molecular weight excluding hydrogens is 314 g/mol. The maximum absolute atomic E-state index is 11.8. The SMILES string of the molecule is O=C(/C=C/c1c(Cl)nc2ccccn12)NOCc1ccccc1. The molecule has 0 aliphatic heterocycles. The van der Waals surface area contributed by atoms with E-state index in [1.54, 1.807) is 10.5 Å². The van der Waals surface area contributed by atoms with Crippen LogP contribution in [0.3, 0.4) is 0 Å². The fourth-order valence-electron chi connectivity index (χ4n) is 2.09. The van der Waals surface area contributed by atoms with Crippen molar-refractivity contribution in [1.29, 1.82) is 0 Å². The molecule has 23 heavy (non-hydrogen) atoms. The molecule has 1 amide bonds. The highest BCUT2D eigenvalue weighted by atomic mass is 35.5. The van der Waals surface area contributed by atoms with Crippen LogP contribution in [0.15, 0.2) is 60.8 Å². The van der Waals surface area contributed by atoms with Gasteiger partial charge in [-0.25, -0.2) is 10.5 Å². The molecule has 2 heterocycles. The number of nitrogens with one attached hydrogen (secondary N) is 1. The molecule has 0 saturated carbocycles. The maximum atomic E-state index is 11.8. The summed E-state index contributed by atoms with van der Waals surface area (Å²) in [6.45, 7) is 0.302. The summed E-state index contributed by atoms with van der Waals surface area (Å²) >= 11 is 6.09. The number of aromatic nitrogens is 2. The third-order valence-electron chi connectivity index (χ3n) is 3.17. The topological polar surface area (TPSA) is 55.6 Å². The lowest BCUT2D eigenvalue weighted by Gasteiger charge is -2.03. The molecule has 3 aromatic rings. The number of rotatable bonds is 5. The van der Waals surface area contributed by atoms with Crippen LogP contribution in [0.4, 0.5) is 0 Å². The van der Waals surface area contributed by atoms with E-state index in [2.05, 4.69) is 10.5 Å². The standard InChI is InChI=1S/C17H14ClN3O2/c18-17-14(21-11-5-4-8-15(21)19-17)9-10-16(22)20-23-12-13-6-2-1-3-7-13/h1-11H,12H2,(H,20,22)/b10-9+. The highest BCUT2D eigenvalue weighted by Crippen LogP contribution is 2.18. The molecular formula is C17H14ClN3O2. The first kappa shape index (κ1) is 15.3. The summed E-state index contributed by atoms with van der Waals surface area (Å²) in [5, 5.41) is 0.338. The van der Waals surface area contributed by atoms with Crippen LogP contribution in [0.25, 0.3) is 11.7 Å². The van der Waals surface area contributed by atoms with Crippen molar-refractivity contribution in [3.8, 4) is 0 Å². The van der Waals surface area contributed by atoms with Crippen molar-refractivity contribution in [2.24, 2.45) is 0 Å². The molecule has 0 unspecified atom stereocenters. The van der Waals surface area contributed by atoms with E-state index in [1.807, 2.05) is 54.7 Å². The van der Waals surface area contributed by atoms with Crippen LogP contribution < -0.4 is 5.48 Å². The van der Waals surface area contributed by atoms with Crippen molar-refractivity contribution in [3.05, 3.63) is 77.2 Å². The van der Waals surface area contributed by atoms with Crippen LogP contribution >= 0.6 is 11.6 Å². The van der Waals surface area contributed by atoms with E-state index >= 15 is 0 Å². The van der Waals surface area contributed by atoms with Gasteiger partial charge in [-0.2, -0.15) is 0 Å². The highest BCUT2D eigenvalue weighted by molar-refractivity contribution is 6.31. The molecule has 3 rings (SSSR count). The zero-order valence-electron chi connectivity index (χ0n) is 12.1. The van der Waals surface area contributed by atoms with Crippen molar-refractivity contribution in [2.75, 3.05) is 0 Å². The number of imidazole rings is 1. The molecule has 1 aromatic carbocycles. The zero-order valence-corrected chi connectivity index (χ0v) is 12.9. The molecule has 0 aliphatic carbocycles. The lowest BCUT2D eigenvalue weighted by atomic mass is 10.2. The number of nitrogens with zero attached hydrogens (tertiary/aromatic N) is 2. The van der Waals surface area contributed by atoms with E-state index in [1.165, 1.54) is 6.08 Å². The molecule has 0 atom stereocenters. The average Bonchev–Trinajstić information content (AvgIpc) is 2.89. The zero-order chi connectivity index (χ0) is 16.1. The van der Waals surface area contributed by atoms with E-state index in [0.29, 0.717) is 17.5 Å². The second kappa shape index (κ2) is 7.09. The number of fused-ring (bicyclic) bond motifs is 1. The van der Waals surface area contributed by atoms with Crippen LogP contribution in [0.5, 0.6) is 0 Å². The Balaban J connectivity index is 1.60. The summed E-state index contributed by atoms with van der Waals surface area (Å²) in [6.07, 6.45) is 4.79. The molecule has 0 aliphatic rings. The highest BCUT2D eigenvalue weighted by Gasteiger charge is 2.07. The van der Waals surface area contributed by atoms with Gasteiger partial charge in [0.1, 0.15) is 5.65 Å². The minimum atomic E-state index is -0.372. The number of pyridine rings is 1. The quantitative estimate of drug-likeness (QED) is 0.578. The summed E-state index contributed by atoms with van der Waals surface area (Å²) in [5.41, 5.74) is 4.70. The molecule has 0 radical (unpaired) electrons. The lowest BCUT2D eigenvalue weighted by Crippen LogP contribution is -2.21. The molecule has 5 nitrogen and oxygen atoms in total. The van der Waals surface area contributed by atoms with Crippen molar-refractivity contribution >= 4 is 29.2 Å². The minimum absolute atomic E-state index is 0.302. The van der Waals surface area contributed by atoms with Gasteiger partial charge < -0.3 is 0 Å². The van der Waals surface area contributed by atoms with Crippen LogP contribution in [0.1, 0.15) is 11.3 Å². The van der Waals surface area contributed by atoms with Gasteiger partial charge in [-0.15, -0.1) is 0 Å². The predicted molar refractivity (Wildman–Crippen MR) is 88.6 cm³/mol. The Bertz CT molecular complexity index is 843. The largest absolute Gasteiger partial charge is 0.299 e. The van der Waals surface area contributed by atoms with E-state index < -0.39 is 0 Å². The van der Waals surface area contributed by atoms with Gasteiger partial charge in [0.2, 0.25) is 0 Å². The molecule has 0 fully saturated rings. The number of hydrogen-bond donors (Lipinski definition) is 1. The van der Waals surface area contributed by atoms with E-state index in [9.17, 15) is 4.79 Å². The fourth-order valence-corrected chi connectivity index (χ4v) is 2.33. The van der Waals surface area contributed by atoms with Crippen LogP contribution in [-0.2, 0) is 16.2 Å². The fraction of sp³-hybridized carbons (Fsp3) is 0.0588. The van der Waals surface area contributed by atoms with Gasteiger partial charge in [-0.05, 0) is 23.8 Å². The number of halogens is 1. The molecule has 1 N–H and O–H groups in total. The van der Waals surface area contributed by atoms with E-state index in [0.717, 1.165) is 11.2 Å². The normalized spacial score (nSPS) is 11.2. The van der Waals surface area contributed by atoms with Crippen molar-refractivity contribution in [2.45, 2.75) is 6.61 Å². The number of benzene rings is 1. The smallest absolute Gasteiger partial charge is 0.267 e. The Kier molecular flexibility index (Phi) is 4.71. The van der Waals surface area contributed by atoms with Gasteiger partial charge in [-0.1, -0.05) is 48.0 Å². The van der Waals surface area contributed by atoms with Gasteiger partial charge in [-0.3, -0.25) is 14.0 Å². The maximum Gasteiger partial charge on any atom is 0.267 e. The van der Waals surface area contributed by atoms with E-state index in [4.69, 9.17) is 16.4 Å². The summed E-state index contributed by atoms with van der Waals surface area (Å²) in [6, 6.07) is 15.2. The minimum Gasteiger partial charge on any atom is -0.299 e. The molecule has 6 heteroatoms. The molecule has 0 saturated heterocycles. The second-order valence-electron chi connectivity index (χ2n) is 4.79. The first-order valence-corrected chi connectivity index (χ1v) is 7.38. The lowest BCUT2D eigenvalue weighted by molar-refractivity contribution is -0.129. The van der Waals surface area contributed by atoms with Crippen LogP contribution in [0, 0.1) is 0 Å². The monoisotopic (exact) mass is 327 g/mol. The Hall–Kier alpha value is -2.63. The first-order valence-electron chi connectivity index (χ1n) is 7.00. The number of hydroxylamine groups is 1. The Morgan fingerprint density at radius 1 is 1.22 bits per heavy atom. The predicted octanol–water partition coefficient (Wildman–Crippen LogP) is 3.25. The number of carbonyl (C=O) groups is 1. The third kappa shape index (κ3) is 3.77. The van der Waals surface area contributed by atoms with Crippen molar-refractivity contribution in [3.63, 3.8) is 0 Å².